The number of hydrogen-bond acceptors (Lipinski definition) is 3. The first-order valence-electron chi connectivity index (χ1n) is 4.59. The first-order chi connectivity index (χ1) is 6.11. The molecule has 2 rings (SSSR count). The maximum Gasteiger partial charge on any atom is 0.280 e. The van der Waals surface area contributed by atoms with E-state index in [1.54, 1.807) is 4.31 Å². The van der Waals surface area contributed by atoms with Crippen molar-refractivity contribution < 1.29 is 8.42 Å². The lowest BCUT2D eigenvalue weighted by atomic mass is 9.99. The van der Waals surface area contributed by atoms with Crippen molar-refractivity contribution in [3.05, 3.63) is 0 Å². The van der Waals surface area contributed by atoms with Gasteiger partial charge in [-0.25, -0.2) is 4.72 Å². The molecule has 2 aliphatic heterocycles. The molecule has 0 aromatic heterocycles. The van der Waals surface area contributed by atoms with Crippen LogP contribution in [0.25, 0.3) is 0 Å². The topological polar surface area (TPSA) is 61.4 Å². The van der Waals surface area contributed by atoms with Crippen molar-refractivity contribution in [3.63, 3.8) is 0 Å². The third kappa shape index (κ3) is 1.28. The molecule has 2 fully saturated rings. The fraction of sp³-hybridized carbons (Fsp3) is 1.00. The summed E-state index contributed by atoms with van der Waals surface area (Å²) in [4.78, 5) is 0. The van der Waals surface area contributed by atoms with Crippen molar-refractivity contribution >= 4 is 10.2 Å². The molecule has 2 aliphatic rings. The van der Waals surface area contributed by atoms with E-state index in [4.69, 9.17) is 0 Å². The molecule has 5 nitrogen and oxygen atoms in total. The highest BCUT2D eigenvalue weighted by molar-refractivity contribution is 7.87. The van der Waals surface area contributed by atoms with E-state index in [0.29, 0.717) is 13.1 Å². The lowest BCUT2D eigenvalue weighted by Gasteiger charge is -2.29. The number of likely N-dealkylation sites (N-methyl/N-ethyl adjacent to an activating group) is 1. The van der Waals surface area contributed by atoms with Crippen molar-refractivity contribution in [2.45, 2.75) is 18.9 Å². The highest BCUT2D eigenvalue weighted by Gasteiger charge is 2.50. The molecule has 2 N–H and O–H groups in total. The zero-order valence-corrected chi connectivity index (χ0v) is 8.52. The van der Waals surface area contributed by atoms with Crippen molar-refractivity contribution in [2.75, 3.05) is 26.2 Å². The predicted octanol–water partition coefficient (Wildman–Crippen LogP) is -1.11. The van der Waals surface area contributed by atoms with Crippen molar-refractivity contribution in [3.8, 4) is 0 Å². The standard InChI is InChI=1S/C7H15N3O2S/c1-2-10-7(3-4-8-5-7)6-9-13(10,11)12/h8-9H,2-6H2,1H3. The van der Waals surface area contributed by atoms with Gasteiger partial charge in [-0.15, -0.1) is 0 Å². The van der Waals surface area contributed by atoms with Crippen LogP contribution >= 0.6 is 0 Å². The van der Waals surface area contributed by atoms with Gasteiger partial charge in [0.15, 0.2) is 0 Å². The van der Waals surface area contributed by atoms with E-state index in [-0.39, 0.29) is 5.54 Å². The molecule has 2 saturated heterocycles. The Bertz CT molecular complexity index is 295. The quantitative estimate of drug-likeness (QED) is 0.570. The van der Waals surface area contributed by atoms with E-state index in [1.807, 2.05) is 6.92 Å². The second-order valence-corrected chi connectivity index (χ2v) is 5.32. The van der Waals surface area contributed by atoms with Gasteiger partial charge in [0.05, 0.1) is 5.54 Å². The van der Waals surface area contributed by atoms with Gasteiger partial charge in [-0.3, -0.25) is 0 Å². The van der Waals surface area contributed by atoms with E-state index < -0.39 is 10.2 Å². The molecule has 0 aliphatic carbocycles. The smallest absolute Gasteiger partial charge is 0.280 e. The maximum atomic E-state index is 11.5. The third-order valence-corrected chi connectivity index (χ3v) is 4.65. The number of rotatable bonds is 1. The van der Waals surface area contributed by atoms with Gasteiger partial charge in [0.1, 0.15) is 0 Å². The molecule has 0 saturated carbocycles. The monoisotopic (exact) mass is 205 g/mol. The Morgan fingerprint density at radius 2 is 2.23 bits per heavy atom. The van der Waals surface area contributed by atoms with Gasteiger partial charge < -0.3 is 5.32 Å². The van der Waals surface area contributed by atoms with Crippen LogP contribution < -0.4 is 10.0 Å². The van der Waals surface area contributed by atoms with E-state index in [0.717, 1.165) is 19.5 Å². The molecule has 0 aromatic carbocycles. The second-order valence-electron chi connectivity index (χ2n) is 3.64. The SMILES string of the molecule is CCN1C2(CCNC2)CNS1(=O)=O. The largest absolute Gasteiger partial charge is 0.315 e. The Morgan fingerprint density at radius 3 is 2.77 bits per heavy atom. The highest BCUT2D eigenvalue weighted by Crippen LogP contribution is 2.29. The summed E-state index contributed by atoms with van der Waals surface area (Å²) in [5, 5.41) is 3.21. The Labute approximate surface area is 78.7 Å². The molecule has 0 aromatic rings. The van der Waals surface area contributed by atoms with Crippen molar-refractivity contribution in [1.82, 2.24) is 14.3 Å². The Hall–Kier alpha value is -0.170. The Kier molecular flexibility index (Phi) is 2.10. The van der Waals surface area contributed by atoms with Crippen LogP contribution in [0.1, 0.15) is 13.3 Å². The summed E-state index contributed by atoms with van der Waals surface area (Å²) in [5.41, 5.74) is -0.187. The summed E-state index contributed by atoms with van der Waals surface area (Å²) in [5.74, 6) is 0. The van der Waals surface area contributed by atoms with Crippen LogP contribution in [0.5, 0.6) is 0 Å². The molecule has 0 radical (unpaired) electrons. The minimum atomic E-state index is -3.19. The molecule has 2 heterocycles. The number of nitrogens with one attached hydrogen (secondary N) is 2. The minimum Gasteiger partial charge on any atom is -0.315 e. The van der Waals surface area contributed by atoms with E-state index in [2.05, 4.69) is 10.0 Å². The van der Waals surface area contributed by atoms with Crippen LogP contribution in [0, 0.1) is 0 Å². The summed E-state index contributed by atoms with van der Waals surface area (Å²) in [7, 11) is -3.19. The zero-order valence-electron chi connectivity index (χ0n) is 7.71. The summed E-state index contributed by atoms with van der Waals surface area (Å²) in [6.07, 6.45) is 0.910. The molecule has 1 spiro atoms. The van der Waals surface area contributed by atoms with E-state index >= 15 is 0 Å². The first-order valence-corrected chi connectivity index (χ1v) is 6.03. The molecule has 6 heteroatoms. The predicted molar refractivity (Wildman–Crippen MR) is 49.5 cm³/mol. The van der Waals surface area contributed by atoms with Crippen molar-refractivity contribution in [2.24, 2.45) is 0 Å². The lowest BCUT2D eigenvalue weighted by molar-refractivity contribution is 0.247. The van der Waals surface area contributed by atoms with Crippen LogP contribution in [-0.4, -0.2) is 44.4 Å². The summed E-state index contributed by atoms with van der Waals surface area (Å²) in [6, 6.07) is 0. The Morgan fingerprint density at radius 1 is 1.46 bits per heavy atom. The van der Waals surface area contributed by atoms with Gasteiger partial charge >= 0.3 is 0 Å². The number of nitrogens with zero attached hydrogens (tertiary/aromatic N) is 1. The van der Waals surface area contributed by atoms with E-state index in [9.17, 15) is 8.42 Å². The minimum absolute atomic E-state index is 0.187. The van der Waals surface area contributed by atoms with Gasteiger partial charge in [-0.1, -0.05) is 6.92 Å². The van der Waals surface area contributed by atoms with Crippen LogP contribution in [0.15, 0.2) is 0 Å². The fourth-order valence-electron chi connectivity index (χ4n) is 2.25. The van der Waals surface area contributed by atoms with Crippen molar-refractivity contribution in [1.29, 1.82) is 0 Å². The molecule has 0 bridgehead atoms. The molecule has 0 amide bonds. The zero-order chi connectivity index (χ0) is 9.53. The molecule has 13 heavy (non-hydrogen) atoms. The lowest BCUT2D eigenvalue weighted by Crippen LogP contribution is -2.48. The van der Waals surface area contributed by atoms with Crippen LogP contribution in [0.4, 0.5) is 0 Å². The van der Waals surface area contributed by atoms with Gasteiger partial charge in [0.25, 0.3) is 10.2 Å². The highest BCUT2D eigenvalue weighted by atomic mass is 32.2. The Balaban J connectivity index is 2.32. The summed E-state index contributed by atoms with van der Waals surface area (Å²) in [6.45, 7) is 4.67. The van der Waals surface area contributed by atoms with Crippen LogP contribution in [-0.2, 0) is 10.2 Å². The van der Waals surface area contributed by atoms with Crippen LogP contribution in [0.3, 0.4) is 0 Å². The third-order valence-electron chi connectivity index (χ3n) is 2.91. The fourth-order valence-corrected chi connectivity index (χ4v) is 3.92. The van der Waals surface area contributed by atoms with E-state index in [1.165, 1.54) is 0 Å². The molecule has 1 atom stereocenters. The molecular weight excluding hydrogens is 190 g/mol. The number of hydrogen-bond donors (Lipinski definition) is 2. The summed E-state index contributed by atoms with van der Waals surface area (Å²) < 4.78 is 27.3. The summed E-state index contributed by atoms with van der Waals surface area (Å²) >= 11 is 0. The first kappa shape index (κ1) is 9.39. The van der Waals surface area contributed by atoms with Gasteiger partial charge in [0.2, 0.25) is 0 Å². The molecular formula is C7H15N3O2S. The van der Waals surface area contributed by atoms with Gasteiger partial charge in [0, 0.05) is 19.6 Å². The second kappa shape index (κ2) is 2.91. The molecule has 76 valence electrons. The normalized spacial score (nSPS) is 38.8. The maximum absolute atomic E-state index is 11.5. The van der Waals surface area contributed by atoms with Gasteiger partial charge in [-0.05, 0) is 13.0 Å². The van der Waals surface area contributed by atoms with Gasteiger partial charge in [-0.2, -0.15) is 12.7 Å². The average molecular weight is 205 g/mol. The average Bonchev–Trinajstić information content (AvgIpc) is 2.60. The molecule has 1 unspecified atom stereocenters. The van der Waals surface area contributed by atoms with Crippen LogP contribution in [0.2, 0.25) is 0 Å².